The zero-order chi connectivity index (χ0) is 15.4. The van der Waals surface area contributed by atoms with Crippen LogP contribution >= 0.6 is 0 Å². The maximum absolute atomic E-state index is 11.9. The lowest BCUT2D eigenvalue weighted by Gasteiger charge is -2.20. The van der Waals surface area contributed by atoms with Gasteiger partial charge in [-0.1, -0.05) is 27.7 Å². The van der Waals surface area contributed by atoms with Crippen LogP contribution in [0, 0.1) is 0 Å². The van der Waals surface area contributed by atoms with Crippen molar-refractivity contribution in [1.82, 2.24) is 14.9 Å². The van der Waals surface area contributed by atoms with Crippen molar-refractivity contribution >= 4 is 11.7 Å². The van der Waals surface area contributed by atoms with Crippen molar-refractivity contribution in [3.05, 3.63) is 17.6 Å². The van der Waals surface area contributed by atoms with Crippen molar-refractivity contribution < 1.29 is 4.79 Å². The highest BCUT2D eigenvalue weighted by Crippen LogP contribution is 2.19. The molecule has 1 heterocycles. The first-order valence-corrected chi connectivity index (χ1v) is 7.09. The van der Waals surface area contributed by atoms with E-state index in [1.54, 1.807) is 19.0 Å². The fourth-order valence-corrected chi connectivity index (χ4v) is 1.78. The summed E-state index contributed by atoms with van der Waals surface area (Å²) in [6, 6.07) is 1.62. The summed E-state index contributed by atoms with van der Waals surface area (Å²) in [7, 11) is 3.50. The number of rotatable bonds is 5. The van der Waals surface area contributed by atoms with Crippen LogP contribution in [-0.2, 0) is 4.79 Å². The predicted molar refractivity (Wildman–Crippen MR) is 82.0 cm³/mol. The van der Waals surface area contributed by atoms with E-state index in [1.807, 2.05) is 13.0 Å². The molecule has 112 valence electrons. The fraction of sp³-hybridized carbons (Fsp3) is 0.667. The van der Waals surface area contributed by atoms with Gasteiger partial charge in [-0.3, -0.25) is 4.79 Å². The Bertz CT molecular complexity index is 443. The molecular weight excluding hydrogens is 252 g/mol. The Hall–Kier alpha value is -1.65. The lowest BCUT2D eigenvalue weighted by atomic mass is 10.1. The molecule has 1 atom stereocenters. The molecule has 0 saturated carbocycles. The highest BCUT2D eigenvalue weighted by Gasteiger charge is 2.17. The van der Waals surface area contributed by atoms with Crippen LogP contribution in [0.4, 0.5) is 5.82 Å². The summed E-state index contributed by atoms with van der Waals surface area (Å²) >= 11 is 0. The molecule has 0 aliphatic rings. The topological polar surface area (TPSA) is 58.1 Å². The van der Waals surface area contributed by atoms with Gasteiger partial charge in [0.25, 0.3) is 0 Å². The second-order valence-corrected chi connectivity index (χ2v) is 5.94. The number of aromatic nitrogens is 2. The first-order valence-electron chi connectivity index (χ1n) is 7.09. The maximum atomic E-state index is 11.9. The summed E-state index contributed by atoms with van der Waals surface area (Å²) in [4.78, 5) is 22.6. The molecular formula is C15H26N4O. The van der Waals surface area contributed by atoms with Gasteiger partial charge < -0.3 is 10.2 Å². The van der Waals surface area contributed by atoms with Gasteiger partial charge in [0.15, 0.2) is 0 Å². The molecule has 0 aliphatic heterocycles. The minimum atomic E-state index is -0.306. The summed E-state index contributed by atoms with van der Waals surface area (Å²) in [6.07, 6.45) is 0. The van der Waals surface area contributed by atoms with Crippen molar-refractivity contribution in [1.29, 1.82) is 0 Å². The number of amides is 1. The quantitative estimate of drug-likeness (QED) is 0.899. The van der Waals surface area contributed by atoms with E-state index in [-0.39, 0.29) is 17.9 Å². The summed E-state index contributed by atoms with van der Waals surface area (Å²) in [5.41, 5.74) is 0.996. The minimum absolute atomic E-state index is 0.0285. The molecule has 5 nitrogen and oxygen atoms in total. The Morgan fingerprint density at radius 3 is 2.15 bits per heavy atom. The molecule has 1 N–H and O–H groups in total. The Kier molecular flexibility index (Phi) is 5.48. The first kappa shape index (κ1) is 16.4. The van der Waals surface area contributed by atoms with Crippen LogP contribution in [-0.4, -0.2) is 40.9 Å². The smallest absolute Gasteiger partial charge is 0.244 e. The van der Waals surface area contributed by atoms with E-state index >= 15 is 0 Å². The molecule has 5 heteroatoms. The van der Waals surface area contributed by atoms with Crippen LogP contribution in [0.3, 0.4) is 0 Å². The van der Waals surface area contributed by atoms with Gasteiger partial charge in [0.1, 0.15) is 17.7 Å². The largest absolute Gasteiger partial charge is 0.359 e. The third-order valence-corrected chi connectivity index (χ3v) is 3.05. The molecule has 1 aromatic heterocycles. The van der Waals surface area contributed by atoms with Crippen LogP contribution in [0.5, 0.6) is 0 Å². The summed E-state index contributed by atoms with van der Waals surface area (Å²) < 4.78 is 0. The predicted octanol–water partition coefficient (Wildman–Crippen LogP) is 2.61. The molecule has 1 aromatic rings. The number of anilines is 1. The van der Waals surface area contributed by atoms with Crippen molar-refractivity contribution in [2.24, 2.45) is 0 Å². The van der Waals surface area contributed by atoms with Crippen molar-refractivity contribution in [3.63, 3.8) is 0 Å². The third-order valence-electron chi connectivity index (χ3n) is 3.05. The van der Waals surface area contributed by atoms with E-state index in [4.69, 9.17) is 0 Å². The van der Waals surface area contributed by atoms with Gasteiger partial charge in [0.05, 0.1) is 0 Å². The lowest BCUT2D eigenvalue weighted by molar-refractivity contribution is -0.129. The van der Waals surface area contributed by atoms with Gasteiger partial charge in [0.2, 0.25) is 5.91 Å². The first-order chi connectivity index (χ1) is 9.22. The number of hydrogen-bond acceptors (Lipinski definition) is 4. The van der Waals surface area contributed by atoms with Gasteiger partial charge >= 0.3 is 0 Å². The molecule has 0 spiro atoms. The zero-order valence-electron chi connectivity index (χ0n) is 13.6. The third kappa shape index (κ3) is 4.18. The maximum Gasteiger partial charge on any atom is 0.244 e. The molecule has 0 saturated heterocycles. The number of nitrogens with zero attached hydrogens (tertiary/aromatic N) is 3. The number of carbonyl (C=O) groups is 1. The molecule has 0 aliphatic carbocycles. The Morgan fingerprint density at radius 2 is 1.70 bits per heavy atom. The Labute approximate surface area is 121 Å². The lowest BCUT2D eigenvalue weighted by Crippen LogP contribution is -2.37. The van der Waals surface area contributed by atoms with Gasteiger partial charge in [-0.25, -0.2) is 9.97 Å². The minimum Gasteiger partial charge on any atom is -0.359 e. The fourth-order valence-electron chi connectivity index (χ4n) is 1.78. The molecule has 0 radical (unpaired) electrons. The van der Waals surface area contributed by atoms with Crippen LogP contribution < -0.4 is 5.32 Å². The molecule has 0 fully saturated rings. The molecule has 0 bridgehead atoms. The van der Waals surface area contributed by atoms with Gasteiger partial charge in [0, 0.05) is 31.8 Å². The Balaban J connectivity index is 3.02. The van der Waals surface area contributed by atoms with E-state index in [2.05, 4.69) is 43.0 Å². The van der Waals surface area contributed by atoms with Gasteiger partial charge in [-0.05, 0) is 12.8 Å². The number of carbonyl (C=O) groups excluding carboxylic acids is 1. The van der Waals surface area contributed by atoms with Crippen LogP contribution in [0.15, 0.2) is 6.07 Å². The normalized spacial score (nSPS) is 12.7. The van der Waals surface area contributed by atoms with E-state index in [0.29, 0.717) is 5.92 Å². The highest BCUT2D eigenvalue weighted by atomic mass is 16.2. The van der Waals surface area contributed by atoms with Gasteiger partial charge in [-0.2, -0.15) is 0 Å². The SMILES string of the molecule is CC(C)c1cc(N[C@@H](C)C(=O)N(C)C)nc(C(C)C)n1. The van der Waals surface area contributed by atoms with Crippen LogP contribution in [0.25, 0.3) is 0 Å². The summed E-state index contributed by atoms with van der Waals surface area (Å²) in [5.74, 6) is 2.14. The number of nitrogens with one attached hydrogen (secondary N) is 1. The van der Waals surface area contributed by atoms with Crippen molar-refractivity contribution in [2.75, 3.05) is 19.4 Å². The molecule has 0 unspecified atom stereocenters. The number of likely N-dealkylation sites (N-methyl/N-ethyl adjacent to an activating group) is 1. The summed E-state index contributed by atoms with van der Waals surface area (Å²) in [5, 5.41) is 3.17. The highest BCUT2D eigenvalue weighted by molar-refractivity contribution is 5.83. The van der Waals surface area contributed by atoms with Gasteiger partial charge in [-0.15, -0.1) is 0 Å². The monoisotopic (exact) mass is 278 g/mol. The van der Waals surface area contributed by atoms with Crippen LogP contribution in [0.2, 0.25) is 0 Å². The second kappa shape index (κ2) is 6.68. The number of hydrogen-bond donors (Lipinski definition) is 1. The van der Waals surface area contributed by atoms with E-state index in [0.717, 1.165) is 17.3 Å². The molecule has 1 amide bonds. The zero-order valence-corrected chi connectivity index (χ0v) is 13.6. The second-order valence-electron chi connectivity index (χ2n) is 5.94. The average molecular weight is 278 g/mol. The molecule has 1 rings (SSSR count). The Morgan fingerprint density at radius 1 is 1.10 bits per heavy atom. The van der Waals surface area contributed by atoms with Crippen LogP contribution in [0.1, 0.15) is 58.0 Å². The molecule has 0 aromatic carbocycles. The van der Waals surface area contributed by atoms with E-state index in [9.17, 15) is 4.79 Å². The standard InChI is InChI=1S/C15H26N4O/c1-9(2)12-8-13(18-14(17-12)10(3)4)16-11(5)15(20)19(6)7/h8-11H,1-7H3,(H,16,17,18)/t11-/m0/s1. The van der Waals surface area contributed by atoms with Crippen molar-refractivity contribution in [3.8, 4) is 0 Å². The molecule has 20 heavy (non-hydrogen) atoms. The summed E-state index contributed by atoms with van der Waals surface area (Å²) in [6.45, 7) is 10.2. The van der Waals surface area contributed by atoms with E-state index < -0.39 is 0 Å². The van der Waals surface area contributed by atoms with E-state index in [1.165, 1.54) is 0 Å². The average Bonchev–Trinajstić information content (AvgIpc) is 2.36. The van der Waals surface area contributed by atoms with Crippen molar-refractivity contribution in [2.45, 2.75) is 52.5 Å².